The first-order valence-electron chi connectivity index (χ1n) is 16.0. The quantitative estimate of drug-likeness (QED) is 0.0947. The molecule has 2 unspecified atom stereocenters. The van der Waals surface area contributed by atoms with Crippen molar-refractivity contribution >= 4 is 63.6 Å². The summed E-state index contributed by atoms with van der Waals surface area (Å²) in [6.45, 7) is 7.89. The molecule has 1 radical (unpaired) electrons. The van der Waals surface area contributed by atoms with Crippen molar-refractivity contribution < 1.29 is 60.0 Å². The molecule has 18 heteroatoms. The summed E-state index contributed by atoms with van der Waals surface area (Å²) in [7, 11) is 2.00. The molecule has 275 valence electrons. The molecule has 4 N–H and O–H groups in total. The Hall–Kier alpha value is -4.27. The van der Waals surface area contributed by atoms with Crippen LogP contribution in [0.25, 0.3) is 44.6 Å². The smallest absolute Gasteiger partial charge is 0.159 e. The fraction of sp³-hybridized carbons (Fsp3) is 0.167. The zero-order valence-corrected chi connectivity index (χ0v) is 37.3. The number of nitrogens with zero attached hydrogens (tertiary/aromatic N) is 8. The topological polar surface area (TPSA) is 166 Å². The van der Waals surface area contributed by atoms with Crippen molar-refractivity contribution in [3.63, 3.8) is 0 Å². The van der Waals surface area contributed by atoms with E-state index in [1.807, 2.05) is 50.1 Å². The van der Waals surface area contributed by atoms with Crippen molar-refractivity contribution in [2.75, 3.05) is 11.5 Å². The van der Waals surface area contributed by atoms with Crippen LogP contribution in [-0.2, 0) is 42.1 Å². The van der Waals surface area contributed by atoms with Crippen molar-refractivity contribution in [3.8, 4) is 22.5 Å². The Balaban J connectivity index is 0.000000217. The molecule has 12 nitrogen and oxygen atoms in total. The molecular formula is C36H32BF2IN10O2W2-. The fourth-order valence-electron chi connectivity index (χ4n) is 5.41. The van der Waals surface area contributed by atoms with Crippen LogP contribution in [-0.4, -0.2) is 46.7 Å². The molecule has 0 aliphatic rings. The van der Waals surface area contributed by atoms with Gasteiger partial charge in [-0.1, -0.05) is 54.4 Å². The third-order valence-corrected chi connectivity index (χ3v) is 8.87. The van der Waals surface area contributed by atoms with Gasteiger partial charge in [-0.15, -0.1) is 5.39 Å². The standard InChI is InChI=1S/C17H13FIN5O.C17H13FN5O.C2H6B.2W/c1-9(24-7-12(19)15-16(20)21-8-22-17(15)24)14-6-13(23-25-14)10-4-2-3-5-11(10)18;1-10(23-7-6-12-16(19)20-9-21-17(12)23)15-8-14(22-24-15)11-4-2-3-5-13(11)18;1-3-2;;/h2-9H,1H3,(H2,20,21,22);2-5,7-10H,1H3,(H2,19,20,21);1-2H3;;/q;-1;;;. The van der Waals surface area contributed by atoms with E-state index >= 15 is 0 Å². The zero-order valence-electron chi connectivity index (χ0n) is 29.3. The van der Waals surface area contributed by atoms with Gasteiger partial charge in [0.05, 0.1) is 23.8 Å². The summed E-state index contributed by atoms with van der Waals surface area (Å²) in [5.74, 6) is 1.31. The summed E-state index contributed by atoms with van der Waals surface area (Å²) < 4.78 is 43.5. The average molecular weight is 1180 g/mol. The van der Waals surface area contributed by atoms with Crippen LogP contribution < -0.4 is 11.5 Å². The van der Waals surface area contributed by atoms with E-state index < -0.39 is 0 Å². The van der Waals surface area contributed by atoms with Crippen molar-refractivity contribution in [2.24, 2.45) is 0 Å². The van der Waals surface area contributed by atoms with E-state index in [1.165, 1.54) is 24.8 Å². The first-order valence-corrected chi connectivity index (χ1v) is 17.1. The number of benzene rings is 2. The Morgan fingerprint density at radius 1 is 0.741 bits per heavy atom. The van der Waals surface area contributed by atoms with E-state index in [2.05, 4.69) is 58.9 Å². The van der Waals surface area contributed by atoms with Crippen molar-refractivity contribution in [2.45, 2.75) is 39.6 Å². The van der Waals surface area contributed by atoms with Crippen LogP contribution >= 0.6 is 22.6 Å². The van der Waals surface area contributed by atoms with E-state index in [-0.39, 0.29) is 65.8 Å². The third-order valence-electron chi connectivity index (χ3n) is 8.06. The molecule has 6 aromatic heterocycles. The minimum atomic E-state index is -0.342. The number of hydrogen-bond donors (Lipinski definition) is 2. The van der Waals surface area contributed by atoms with E-state index in [4.69, 9.17) is 20.5 Å². The van der Waals surface area contributed by atoms with Crippen LogP contribution in [0.3, 0.4) is 0 Å². The summed E-state index contributed by atoms with van der Waals surface area (Å²) in [5, 5.41) is 9.45. The number of nitrogen functional groups attached to an aromatic ring is 2. The summed E-state index contributed by atoms with van der Waals surface area (Å²) in [4.78, 5) is 16.6. The number of halogens is 3. The van der Waals surface area contributed by atoms with Gasteiger partial charge in [0.2, 0.25) is 0 Å². The van der Waals surface area contributed by atoms with Crippen molar-refractivity contribution in [1.82, 2.24) is 39.4 Å². The Labute approximate surface area is 352 Å². The zero-order chi connectivity index (χ0) is 36.9. The predicted octanol–water partition coefficient (Wildman–Crippen LogP) is 8.02. The van der Waals surface area contributed by atoms with Gasteiger partial charge >= 0.3 is 0 Å². The van der Waals surface area contributed by atoms with Crippen LogP contribution in [0.2, 0.25) is 13.6 Å². The van der Waals surface area contributed by atoms with E-state index in [0.717, 1.165) is 8.96 Å². The number of nitrogens with two attached hydrogens (primary N) is 2. The van der Waals surface area contributed by atoms with Crippen LogP contribution in [0.1, 0.15) is 37.5 Å². The van der Waals surface area contributed by atoms with Gasteiger partial charge < -0.3 is 29.6 Å². The molecule has 0 saturated heterocycles. The maximum Gasteiger partial charge on any atom is 0.159 e. The Morgan fingerprint density at radius 3 is 1.76 bits per heavy atom. The van der Waals surface area contributed by atoms with Crippen LogP contribution in [0.4, 0.5) is 20.4 Å². The van der Waals surface area contributed by atoms with Crippen LogP contribution in [0.15, 0.2) is 94.8 Å². The second kappa shape index (κ2) is 18.9. The van der Waals surface area contributed by atoms with Crippen molar-refractivity contribution in [3.05, 3.63) is 119 Å². The molecular weight excluding hydrogens is 1150 g/mol. The molecule has 0 aliphatic heterocycles. The molecule has 2 atom stereocenters. The molecule has 6 heterocycles. The van der Waals surface area contributed by atoms with Gasteiger partial charge in [-0.05, 0) is 60.7 Å². The molecule has 0 saturated carbocycles. The van der Waals surface area contributed by atoms with Gasteiger partial charge in [-0.2, -0.15) is 6.07 Å². The number of rotatable bonds is 6. The molecule has 8 rings (SSSR count). The van der Waals surface area contributed by atoms with E-state index in [0.29, 0.717) is 62.4 Å². The molecule has 0 amide bonds. The van der Waals surface area contributed by atoms with Gasteiger partial charge in [0, 0.05) is 86.6 Å². The first kappa shape index (κ1) is 42.5. The molecule has 0 aliphatic carbocycles. The number of anilines is 2. The summed E-state index contributed by atoms with van der Waals surface area (Å²) >= 11 is 2.20. The predicted molar refractivity (Wildman–Crippen MR) is 204 cm³/mol. The van der Waals surface area contributed by atoms with E-state index in [9.17, 15) is 8.78 Å². The van der Waals surface area contributed by atoms with Gasteiger partial charge in [0.25, 0.3) is 0 Å². The molecule has 2 aromatic carbocycles. The maximum absolute atomic E-state index is 13.9. The molecule has 0 bridgehead atoms. The maximum atomic E-state index is 13.9. The van der Waals surface area contributed by atoms with Gasteiger partial charge in [0.1, 0.15) is 48.1 Å². The SMILES string of the molecule is CC(c1cc(-c2ccccc2F)no1)n1c[c-]c2c(N)ncnc21.CC(c1cc(-c2ccccc2F)no1)n1cc(I)c2c(N)ncnc21.C[B]C.[W].[W]. The van der Waals surface area contributed by atoms with Gasteiger partial charge in [0.15, 0.2) is 11.5 Å². The molecule has 8 aromatic rings. The number of hydrogen-bond acceptors (Lipinski definition) is 10. The second-order valence-corrected chi connectivity index (χ2v) is 12.8. The van der Waals surface area contributed by atoms with Gasteiger partial charge in [-0.25, -0.2) is 18.7 Å². The van der Waals surface area contributed by atoms with E-state index in [1.54, 1.807) is 54.7 Å². The summed E-state index contributed by atoms with van der Waals surface area (Å²) in [6, 6.07) is 19.0. The largest absolute Gasteiger partial charge is 0.434 e. The molecule has 0 spiro atoms. The minimum Gasteiger partial charge on any atom is -0.434 e. The summed E-state index contributed by atoms with van der Waals surface area (Å²) in [6.07, 6.45) is 6.51. The normalized spacial score (nSPS) is 11.7. The van der Waals surface area contributed by atoms with Crippen LogP contribution in [0, 0.1) is 21.3 Å². The Bertz CT molecular complexity index is 2470. The summed E-state index contributed by atoms with van der Waals surface area (Å²) in [5.41, 5.74) is 14.9. The van der Waals surface area contributed by atoms with Crippen LogP contribution in [0.5, 0.6) is 0 Å². The number of aromatic nitrogens is 8. The minimum absolute atomic E-state index is 0. The monoisotopic (exact) mass is 1180 g/mol. The Kier molecular flexibility index (Phi) is 14.8. The molecule has 54 heavy (non-hydrogen) atoms. The van der Waals surface area contributed by atoms with Gasteiger partial charge in [-0.3, -0.25) is 9.97 Å². The average Bonchev–Trinajstić information content (AvgIpc) is 3.96. The fourth-order valence-corrected chi connectivity index (χ4v) is 6.23. The first-order chi connectivity index (χ1) is 25.1. The molecule has 0 fully saturated rings. The number of fused-ring (bicyclic) bond motifs is 2. The third kappa shape index (κ3) is 8.82. The second-order valence-electron chi connectivity index (χ2n) is 11.6. The van der Waals surface area contributed by atoms with Crippen molar-refractivity contribution in [1.29, 1.82) is 0 Å². The Morgan fingerprint density at radius 2 is 1.22 bits per heavy atom.